The maximum Gasteiger partial charge on any atom is 0.433 e. The van der Waals surface area contributed by atoms with Crippen LogP contribution in [0.2, 0.25) is 15.1 Å². The summed E-state index contributed by atoms with van der Waals surface area (Å²) in [5.41, 5.74) is 4.02. The lowest BCUT2D eigenvalue weighted by Gasteiger charge is -2.37. The van der Waals surface area contributed by atoms with Crippen LogP contribution in [0.25, 0.3) is 0 Å². The van der Waals surface area contributed by atoms with E-state index in [1.165, 1.54) is 17.0 Å². The van der Waals surface area contributed by atoms with E-state index in [0.29, 0.717) is 25.0 Å². The van der Waals surface area contributed by atoms with Gasteiger partial charge in [-0.25, -0.2) is 0 Å². The number of nitrogens with two attached hydrogens (primary N) is 1. The number of carbonyl (C=O) groups is 1. The van der Waals surface area contributed by atoms with Crippen molar-refractivity contribution in [2.45, 2.75) is 90.5 Å². The van der Waals surface area contributed by atoms with Gasteiger partial charge in [0, 0.05) is 33.4 Å². The molecule has 3 rings (SSSR count). The average molecular weight is 625 g/mol. The van der Waals surface area contributed by atoms with Crippen LogP contribution in [0.4, 0.5) is 13.2 Å². The van der Waals surface area contributed by atoms with Gasteiger partial charge in [-0.3, -0.25) is 9.79 Å². The molecule has 2 aliphatic rings. The molecule has 0 aliphatic heterocycles. The number of aliphatic hydroxyl groups excluding tert-OH is 1. The van der Waals surface area contributed by atoms with Crippen molar-refractivity contribution >= 4 is 46.4 Å². The zero-order valence-electron chi connectivity index (χ0n) is 23.2. The molecule has 224 valence electrons. The molecule has 1 aromatic carbocycles. The summed E-state index contributed by atoms with van der Waals surface area (Å²) < 4.78 is 43.0. The molecule has 1 unspecified atom stereocenters. The Labute approximate surface area is 249 Å². The minimum Gasteiger partial charge on any atom is -0.404 e. The fourth-order valence-corrected chi connectivity index (χ4v) is 6.71. The normalized spacial score (nSPS) is 23.6. The predicted octanol–water partition coefficient (Wildman–Crippen LogP) is 8.15. The summed E-state index contributed by atoms with van der Waals surface area (Å²) in [6.07, 6.45) is 0.458. The average Bonchev–Trinajstić information content (AvgIpc) is 2.84. The molecule has 1 aromatic rings. The predicted molar refractivity (Wildman–Crippen MR) is 156 cm³/mol. The second-order valence-corrected chi connectivity index (χ2v) is 13.3. The third-order valence-electron chi connectivity index (χ3n) is 8.21. The number of benzene rings is 1. The second kappa shape index (κ2) is 13.7. The van der Waals surface area contributed by atoms with Crippen LogP contribution in [0.15, 0.2) is 28.9 Å². The molecule has 0 spiro atoms. The fraction of sp³-hybridized carbons (Fsp3) is 0.655. The number of hydrogen-bond donors (Lipinski definition) is 2. The molecule has 40 heavy (non-hydrogen) atoms. The van der Waals surface area contributed by atoms with Gasteiger partial charge in [-0.2, -0.15) is 13.2 Å². The van der Waals surface area contributed by atoms with Gasteiger partial charge in [-0.15, -0.1) is 0 Å². The van der Waals surface area contributed by atoms with E-state index in [-0.39, 0.29) is 45.1 Å². The highest BCUT2D eigenvalue weighted by Gasteiger charge is 2.43. The van der Waals surface area contributed by atoms with Crippen LogP contribution >= 0.6 is 34.8 Å². The summed E-state index contributed by atoms with van der Waals surface area (Å²) in [5.74, 6) is -0.464. The van der Waals surface area contributed by atoms with E-state index < -0.39 is 35.5 Å². The molecule has 1 atom stereocenters. The van der Waals surface area contributed by atoms with Crippen LogP contribution < -0.4 is 5.73 Å². The minimum absolute atomic E-state index is 0.0467. The zero-order valence-corrected chi connectivity index (χ0v) is 25.5. The highest BCUT2D eigenvalue weighted by Crippen LogP contribution is 2.39. The van der Waals surface area contributed by atoms with Crippen molar-refractivity contribution in [3.63, 3.8) is 0 Å². The first-order chi connectivity index (χ1) is 18.6. The van der Waals surface area contributed by atoms with Gasteiger partial charge in [-0.1, -0.05) is 55.6 Å². The molecule has 5 nitrogen and oxygen atoms in total. The molecule has 3 N–H and O–H groups in total. The van der Waals surface area contributed by atoms with Crippen LogP contribution in [0.1, 0.15) is 83.8 Å². The lowest BCUT2D eigenvalue weighted by molar-refractivity contribution is -0.129. The molecule has 0 heterocycles. The number of aliphatic imine (C=N–C) groups is 1. The SMILES string of the molecule is CC1CCC(N=C(C(=CN)C(=O)N(CC2CCC(C)(C)CC2)CC(O)c2c(Cl)cc(Cl)cc2Cl)C(F)(F)F)CC1. The Morgan fingerprint density at radius 2 is 1.68 bits per heavy atom. The third kappa shape index (κ3) is 8.76. The number of hydrogen-bond acceptors (Lipinski definition) is 4. The van der Waals surface area contributed by atoms with E-state index in [4.69, 9.17) is 40.5 Å². The molecule has 2 aliphatic carbocycles. The maximum atomic E-state index is 14.3. The molecular formula is C29H39Cl3F3N3O2. The van der Waals surface area contributed by atoms with Crippen molar-refractivity contribution in [2.75, 3.05) is 13.1 Å². The smallest absolute Gasteiger partial charge is 0.404 e. The van der Waals surface area contributed by atoms with Gasteiger partial charge in [0.05, 0.1) is 24.3 Å². The number of halogens is 6. The number of amides is 1. The summed E-state index contributed by atoms with van der Waals surface area (Å²) in [6, 6.07) is 2.28. The van der Waals surface area contributed by atoms with Gasteiger partial charge in [-0.05, 0) is 80.8 Å². The first kappa shape index (κ1) is 33.0. The molecule has 2 fully saturated rings. The number of alkyl halides is 3. The Hall–Kier alpha value is -1.48. The molecule has 1 amide bonds. The number of nitrogens with zero attached hydrogens (tertiary/aromatic N) is 2. The minimum atomic E-state index is -4.88. The first-order valence-corrected chi connectivity index (χ1v) is 14.9. The lowest BCUT2D eigenvalue weighted by Crippen LogP contribution is -2.44. The quantitative estimate of drug-likeness (QED) is 0.226. The summed E-state index contributed by atoms with van der Waals surface area (Å²) >= 11 is 18.6. The van der Waals surface area contributed by atoms with E-state index in [1.807, 2.05) is 0 Å². The van der Waals surface area contributed by atoms with Crippen LogP contribution in [-0.4, -0.2) is 46.9 Å². The second-order valence-electron chi connectivity index (χ2n) is 12.1. The zero-order chi connectivity index (χ0) is 29.8. The van der Waals surface area contributed by atoms with Crippen molar-refractivity contribution in [3.05, 3.63) is 44.5 Å². The molecule has 0 radical (unpaired) electrons. The number of carbonyl (C=O) groups excluding carboxylic acids is 1. The Bertz CT molecular complexity index is 1080. The first-order valence-electron chi connectivity index (χ1n) is 13.8. The van der Waals surface area contributed by atoms with Gasteiger partial charge >= 0.3 is 6.18 Å². The van der Waals surface area contributed by atoms with Crippen molar-refractivity contribution in [3.8, 4) is 0 Å². The van der Waals surface area contributed by atoms with E-state index in [2.05, 4.69) is 25.8 Å². The number of aliphatic hydroxyl groups is 1. The van der Waals surface area contributed by atoms with Crippen molar-refractivity contribution in [2.24, 2.45) is 28.0 Å². The van der Waals surface area contributed by atoms with Crippen LogP contribution in [0, 0.1) is 17.3 Å². The Kier molecular flexibility index (Phi) is 11.3. The highest BCUT2D eigenvalue weighted by molar-refractivity contribution is 6.39. The molecule has 0 aromatic heterocycles. The van der Waals surface area contributed by atoms with E-state index in [9.17, 15) is 23.1 Å². The van der Waals surface area contributed by atoms with E-state index in [0.717, 1.165) is 38.5 Å². The van der Waals surface area contributed by atoms with Gasteiger partial charge in [0.25, 0.3) is 5.91 Å². The Morgan fingerprint density at radius 3 is 2.17 bits per heavy atom. The Balaban J connectivity index is 1.94. The highest BCUT2D eigenvalue weighted by atomic mass is 35.5. The van der Waals surface area contributed by atoms with E-state index >= 15 is 0 Å². The largest absolute Gasteiger partial charge is 0.433 e. The summed E-state index contributed by atoms with van der Waals surface area (Å²) in [4.78, 5) is 19.1. The van der Waals surface area contributed by atoms with Gasteiger partial charge < -0.3 is 15.7 Å². The third-order valence-corrected chi connectivity index (χ3v) is 9.06. The van der Waals surface area contributed by atoms with Gasteiger partial charge in [0.15, 0.2) is 5.71 Å². The fourth-order valence-electron chi connectivity index (χ4n) is 5.64. The topological polar surface area (TPSA) is 78.9 Å². The van der Waals surface area contributed by atoms with Crippen molar-refractivity contribution in [1.82, 2.24) is 4.90 Å². The molecule has 11 heteroatoms. The maximum absolute atomic E-state index is 14.3. The van der Waals surface area contributed by atoms with Crippen LogP contribution in [0.5, 0.6) is 0 Å². The van der Waals surface area contributed by atoms with Crippen molar-refractivity contribution in [1.29, 1.82) is 0 Å². The lowest BCUT2D eigenvalue weighted by atomic mass is 9.73. The molecule has 2 saturated carbocycles. The van der Waals surface area contributed by atoms with Crippen molar-refractivity contribution < 1.29 is 23.1 Å². The number of rotatable bonds is 8. The van der Waals surface area contributed by atoms with Crippen LogP contribution in [0.3, 0.4) is 0 Å². The summed E-state index contributed by atoms with van der Waals surface area (Å²) in [7, 11) is 0. The van der Waals surface area contributed by atoms with Crippen LogP contribution in [-0.2, 0) is 4.79 Å². The molecule has 0 bridgehead atoms. The Morgan fingerprint density at radius 1 is 1.12 bits per heavy atom. The monoisotopic (exact) mass is 623 g/mol. The standard InChI is InChI=1S/C29H39Cl3F3N3O2/c1-17-4-6-20(7-5-17)37-26(29(33,34)35)21(14-36)27(40)38(15-18-8-10-28(2,3)11-9-18)16-24(39)25-22(31)12-19(30)13-23(25)32/h12-14,17-18,20,24,39H,4-11,15-16,36H2,1-3H3. The van der Waals surface area contributed by atoms with Gasteiger partial charge in [0.2, 0.25) is 0 Å². The summed E-state index contributed by atoms with van der Waals surface area (Å²) in [5, 5.41) is 11.6. The molecule has 0 saturated heterocycles. The summed E-state index contributed by atoms with van der Waals surface area (Å²) in [6.45, 7) is 6.23. The molecular weight excluding hydrogens is 586 g/mol. The van der Waals surface area contributed by atoms with Gasteiger partial charge in [0.1, 0.15) is 0 Å². The van der Waals surface area contributed by atoms with E-state index in [1.54, 1.807) is 0 Å².